The molecule has 0 aromatic carbocycles. The molecule has 5 nitrogen and oxygen atoms in total. The monoisotopic (exact) mass is 216 g/mol. The van der Waals surface area contributed by atoms with Gasteiger partial charge < -0.3 is 14.6 Å². The molecule has 1 atom stereocenters. The van der Waals surface area contributed by atoms with Crippen LogP contribution in [0.1, 0.15) is 20.8 Å². The Kier molecular flexibility index (Phi) is 5.44. The molecule has 0 aliphatic carbocycles. The van der Waals surface area contributed by atoms with Crippen LogP contribution in [-0.2, 0) is 14.3 Å². The number of hydrogen-bond donors (Lipinski definition) is 1. The van der Waals surface area contributed by atoms with Crippen LogP contribution in [0.3, 0.4) is 0 Å². The number of ether oxygens (including phenoxy) is 2. The summed E-state index contributed by atoms with van der Waals surface area (Å²) in [5, 5.41) is 8.43. The highest BCUT2D eigenvalue weighted by atomic mass is 16.7. The molecule has 0 heterocycles. The fourth-order valence-corrected chi connectivity index (χ4v) is 0.773. The third-order valence-electron chi connectivity index (χ3n) is 1.72. The molecule has 0 fully saturated rings. The summed E-state index contributed by atoms with van der Waals surface area (Å²) in [7, 11) is 0. The van der Waals surface area contributed by atoms with Gasteiger partial charge in [-0.05, 0) is 12.8 Å². The van der Waals surface area contributed by atoms with Gasteiger partial charge in [-0.15, -0.1) is 0 Å². The first-order chi connectivity index (χ1) is 6.84. The zero-order chi connectivity index (χ0) is 12.0. The van der Waals surface area contributed by atoms with Crippen LogP contribution in [0.2, 0.25) is 0 Å². The Morgan fingerprint density at radius 2 is 1.93 bits per heavy atom. The second kappa shape index (κ2) is 6.06. The Balaban J connectivity index is 4.13. The molecule has 0 amide bonds. The lowest BCUT2D eigenvalue weighted by Crippen LogP contribution is -2.29. The molecule has 86 valence electrons. The van der Waals surface area contributed by atoms with Crippen molar-refractivity contribution >= 4 is 12.1 Å². The van der Waals surface area contributed by atoms with Gasteiger partial charge in [0.1, 0.15) is 12.7 Å². The van der Waals surface area contributed by atoms with Crippen molar-refractivity contribution < 1.29 is 24.2 Å². The summed E-state index contributed by atoms with van der Waals surface area (Å²) < 4.78 is 9.35. The van der Waals surface area contributed by atoms with Crippen molar-refractivity contribution in [2.24, 2.45) is 5.92 Å². The third-order valence-corrected chi connectivity index (χ3v) is 1.72. The van der Waals surface area contributed by atoms with Crippen molar-refractivity contribution in [2.75, 3.05) is 6.61 Å². The first-order valence-corrected chi connectivity index (χ1v) is 4.56. The highest BCUT2D eigenvalue weighted by Gasteiger charge is 2.20. The van der Waals surface area contributed by atoms with E-state index in [0.717, 1.165) is 0 Å². The fraction of sp³-hybridized carbons (Fsp3) is 0.600. The molecule has 0 aromatic heterocycles. The fourth-order valence-electron chi connectivity index (χ4n) is 0.773. The smallest absolute Gasteiger partial charge is 0.458 e. The van der Waals surface area contributed by atoms with E-state index in [0.29, 0.717) is 0 Å². The summed E-state index contributed by atoms with van der Waals surface area (Å²) in [4.78, 5) is 21.3. The minimum absolute atomic E-state index is 0.0565. The molecular formula is C10H16O5. The lowest BCUT2D eigenvalue weighted by Gasteiger charge is -2.19. The Morgan fingerprint density at radius 3 is 2.27 bits per heavy atom. The molecule has 0 radical (unpaired) electrons. The van der Waals surface area contributed by atoms with Crippen molar-refractivity contribution in [2.45, 2.75) is 26.9 Å². The largest absolute Gasteiger partial charge is 0.506 e. The van der Waals surface area contributed by atoms with E-state index in [-0.39, 0.29) is 18.1 Å². The molecule has 0 rings (SSSR count). The van der Waals surface area contributed by atoms with Gasteiger partial charge in [-0.2, -0.15) is 0 Å². The van der Waals surface area contributed by atoms with Gasteiger partial charge in [0.2, 0.25) is 0 Å². The molecular weight excluding hydrogens is 200 g/mol. The number of hydrogen-bond acceptors (Lipinski definition) is 4. The second-order valence-electron chi connectivity index (χ2n) is 3.55. The Hall–Kier alpha value is -1.52. The molecule has 1 N–H and O–H groups in total. The molecule has 0 aromatic rings. The second-order valence-corrected chi connectivity index (χ2v) is 3.55. The van der Waals surface area contributed by atoms with Crippen molar-refractivity contribution in [3.63, 3.8) is 0 Å². The van der Waals surface area contributed by atoms with Gasteiger partial charge >= 0.3 is 12.1 Å². The lowest BCUT2D eigenvalue weighted by atomic mass is 10.1. The Bertz CT molecular complexity index is 257. The first kappa shape index (κ1) is 13.5. The maximum Gasteiger partial charge on any atom is 0.506 e. The van der Waals surface area contributed by atoms with Crippen LogP contribution >= 0.6 is 0 Å². The van der Waals surface area contributed by atoms with Gasteiger partial charge in [0, 0.05) is 5.57 Å². The van der Waals surface area contributed by atoms with Crippen LogP contribution in [0.5, 0.6) is 0 Å². The van der Waals surface area contributed by atoms with E-state index in [4.69, 9.17) is 9.84 Å². The molecule has 5 heteroatoms. The van der Waals surface area contributed by atoms with Crippen LogP contribution in [0.25, 0.3) is 0 Å². The number of esters is 1. The summed E-state index contributed by atoms with van der Waals surface area (Å²) in [6.45, 7) is 8.40. The van der Waals surface area contributed by atoms with Gasteiger partial charge in [0.05, 0.1) is 0 Å². The van der Waals surface area contributed by atoms with E-state index in [1.54, 1.807) is 13.8 Å². The summed E-state index contributed by atoms with van der Waals surface area (Å²) in [5.74, 6) is -0.603. The van der Waals surface area contributed by atoms with E-state index >= 15 is 0 Å². The predicted molar refractivity (Wildman–Crippen MR) is 53.5 cm³/mol. The first-order valence-electron chi connectivity index (χ1n) is 4.56. The summed E-state index contributed by atoms with van der Waals surface area (Å²) in [5.41, 5.74) is 0.271. The maximum atomic E-state index is 11.0. The summed E-state index contributed by atoms with van der Waals surface area (Å²) in [6.07, 6.45) is -2.02. The molecule has 0 spiro atoms. The van der Waals surface area contributed by atoms with Crippen molar-refractivity contribution in [3.05, 3.63) is 12.2 Å². The Morgan fingerprint density at radius 1 is 1.40 bits per heavy atom. The third kappa shape index (κ3) is 5.72. The number of carbonyl (C=O) groups is 2. The van der Waals surface area contributed by atoms with Crippen molar-refractivity contribution in [1.29, 1.82) is 0 Å². The lowest BCUT2D eigenvalue weighted by molar-refractivity contribution is -0.143. The molecule has 1 unspecified atom stereocenters. The number of carboxylic acid groups (broad SMARTS) is 1. The average molecular weight is 216 g/mol. The molecule has 0 saturated heterocycles. The van der Waals surface area contributed by atoms with Gasteiger partial charge in [-0.1, -0.05) is 20.4 Å². The van der Waals surface area contributed by atoms with E-state index in [1.165, 1.54) is 6.92 Å². The highest BCUT2D eigenvalue weighted by molar-refractivity contribution is 5.86. The van der Waals surface area contributed by atoms with Crippen LogP contribution < -0.4 is 0 Å². The van der Waals surface area contributed by atoms with E-state index in [1.807, 2.05) is 0 Å². The molecule has 15 heavy (non-hydrogen) atoms. The minimum atomic E-state index is -1.37. The van der Waals surface area contributed by atoms with Crippen molar-refractivity contribution in [1.82, 2.24) is 0 Å². The molecule has 0 aliphatic rings. The average Bonchev–Trinajstić information content (AvgIpc) is 2.10. The summed E-state index contributed by atoms with van der Waals surface area (Å²) >= 11 is 0. The van der Waals surface area contributed by atoms with E-state index in [9.17, 15) is 9.59 Å². The Labute approximate surface area is 88.7 Å². The van der Waals surface area contributed by atoms with Gasteiger partial charge in [-0.25, -0.2) is 9.59 Å². The quantitative estimate of drug-likeness (QED) is 0.560. The van der Waals surface area contributed by atoms with Gasteiger partial charge in [0.15, 0.2) is 0 Å². The highest BCUT2D eigenvalue weighted by Crippen LogP contribution is 2.08. The summed E-state index contributed by atoms with van der Waals surface area (Å²) in [6, 6.07) is 0. The maximum absolute atomic E-state index is 11.0. The van der Waals surface area contributed by atoms with Gasteiger partial charge in [-0.3, -0.25) is 0 Å². The van der Waals surface area contributed by atoms with E-state index in [2.05, 4.69) is 11.3 Å². The number of carbonyl (C=O) groups excluding carboxylic acids is 1. The zero-order valence-corrected chi connectivity index (χ0v) is 9.15. The molecule has 0 aliphatic heterocycles. The van der Waals surface area contributed by atoms with E-state index < -0.39 is 18.2 Å². The predicted octanol–water partition coefficient (Wildman–Crippen LogP) is 1.82. The van der Waals surface area contributed by atoms with Gasteiger partial charge in [0.25, 0.3) is 0 Å². The van der Waals surface area contributed by atoms with Crippen LogP contribution in [-0.4, -0.2) is 29.9 Å². The topological polar surface area (TPSA) is 72.8 Å². The molecule has 0 bridgehead atoms. The van der Waals surface area contributed by atoms with Crippen LogP contribution in [0.4, 0.5) is 4.79 Å². The standard InChI is InChI=1S/C10H16O5/c1-6(2)8(15-10(12)13)5-14-9(11)7(3)4/h6,8H,3,5H2,1-2,4H3,(H,12,13). The van der Waals surface area contributed by atoms with Crippen molar-refractivity contribution in [3.8, 4) is 0 Å². The number of rotatable bonds is 5. The zero-order valence-electron chi connectivity index (χ0n) is 9.15. The normalized spacial score (nSPS) is 12.0. The van der Waals surface area contributed by atoms with Crippen LogP contribution in [0, 0.1) is 5.92 Å². The van der Waals surface area contributed by atoms with Crippen LogP contribution in [0.15, 0.2) is 12.2 Å². The minimum Gasteiger partial charge on any atom is -0.458 e. The molecule has 0 saturated carbocycles. The SMILES string of the molecule is C=C(C)C(=O)OCC(OC(=O)O)C(C)C.